The van der Waals surface area contributed by atoms with E-state index >= 15 is 0 Å². The van der Waals surface area contributed by atoms with E-state index in [-0.39, 0.29) is 11.0 Å². The number of quaternary nitrogens is 1. The van der Waals surface area contributed by atoms with E-state index in [1.54, 1.807) is 5.56 Å². The first kappa shape index (κ1) is 40.1. The molecule has 2 heteroatoms. The van der Waals surface area contributed by atoms with E-state index in [2.05, 4.69) is 66.1 Å². The van der Waals surface area contributed by atoms with Gasteiger partial charge in [0.05, 0.1) is 20.6 Å². The van der Waals surface area contributed by atoms with Crippen LogP contribution >= 0.6 is 0 Å². The fraction of sp³-hybridized carbons (Fsp3) is 0.846. The van der Waals surface area contributed by atoms with Gasteiger partial charge in [-0.3, -0.25) is 0 Å². The Kier molecular flexibility index (Phi) is 25.1. The molecular formula is C39H75NO. The summed E-state index contributed by atoms with van der Waals surface area (Å²) in [6.45, 7) is 10.8. The van der Waals surface area contributed by atoms with Crippen molar-refractivity contribution in [2.24, 2.45) is 0 Å². The molecule has 242 valence electrons. The molecule has 0 saturated carbocycles. The molecule has 0 heterocycles. The van der Waals surface area contributed by atoms with Crippen molar-refractivity contribution in [3.8, 4) is 0 Å². The summed E-state index contributed by atoms with van der Waals surface area (Å²) in [5.41, 5.74) is 3.26. The van der Waals surface area contributed by atoms with Crippen molar-refractivity contribution in [2.75, 3.05) is 20.6 Å². The molecule has 1 atom stereocenters. The minimum Gasteiger partial charge on any atom is -0.870 e. The van der Waals surface area contributed by atoms with Crippen LogP contribution < -0.4 is 0 Å². The topological polar surface area (TPSA) is 30.0 Å². The zero-order valence-corrected chi connectivity index (χ0v) is 29.1. The van der Waals surface area contributed by atoms with Gasteiger partial charge in [0.25, 0.3) is 0 Å². The largest absolute Gasteiger partial charge is 0.870 e. The zero-order chi connectivity index (χ0) is 29.4. The van der Waals surface area contributed by atoms with E-state index in [1.807, 2.05) is 0 Å². The van der Waals surface area contributed by atoms with Crippen molar-refractivity contribution < 1.29 is 9.96 Å². The molecule has 0 spiro atoms. The van der Waals surface area contributed by atoms with Crippen LogP contribution in [0.15, 0.2) is 24.3 Å². The molecule has 0 aliphatic carbocycles. The number of hydrogen-bond acceptors (Lipinski definition) is 1. The van der Waals surface area contributed by atoms with Crippen LogP contribution in [0.4, 0.5) is 0 Å². The quantitative estimate of drug-likeness (QED) is 0.0724. The lowest BCUT2D eigenvalue weighted by Gasteiger charge is -2.48. The van der Waals surface area contributed by atoms with Crippen molar-refractivity contribution in [3.05, 3.63) is 35.4 Å². The third kappa shape index (κ3) is 17.8. The molecule has 1 N–H and O–H groups in total. The molecular weight excluding hydrogens is 498 g/mol. The standard InChI is InChI=1S/C39H74N.H2O/c1-7-9-11-13-15-17-19-20-21-22-24-26-28-32-36-40(5,6)39(4,38-34-30-29-33-37(38)3)35-31-27-25-23-18-16-14-12-10-8-2;/h29-30,33-34H,7-28,31-32,35-36H2,1-6H3;1H2/q+1;/p-1. The Balaban J connectivity index is 0.0000160. The van der Waals surface area contributed by atoms with Crippen LogP contribution in [0.2, 0.25) is 0 Å². The van der Waals surface area contributed by atoms with Crippen molar-refractivity contribution in [1.29, 1.82) is 0 Å². The first-order chi connectivity index (χ1) is 19.4. The minimum absolute atomic E-state index is 0. The SMILES string of the molecule is CCCCCCCCCCCCCCCC[N+](C)(C)C(C)(CCCCCCCCCCCC)c1ccccc1C.[OH-]. The molecule has 0 fully saturated rings. The third-order valence-electron chi connectivity index (χ3n) is 10.1. The number of unbranched alkanes of at least 4 members (excludes halogenated alkanes) is 22. The Bertz CT molecular complexity index is 699. The van der Waals surface area contributed by atoms with Gasteiger partial charge in [-0.05, 0) is 38.7 Å². The van der Waals surface area contributed by atoms with Gasteiger partial charge in [-0.2, -0.15) is 0 Å². The number of hydrogen-bond donors (Lipinski definition) is 0. The molecule has 0 aromatic heterocycles. The molecule has 2 nitrogen and oxygen atoms in total. The Labute approximate surface area is 259 Å². The van der Waals surface area contributed by atoms with Gasteiger partial charge in [0.1, 0.15) is 5.54 Å². The molecule has 1 aromatic carbocycles. The molecule has 0 bridgehead atoms. The fourth-order valence-electron chi connectivity index (χ4n) is 6.85. The Morgan fingerprint density at radius 1 is 0.512 bits per heavy atom. The predicted octanol–water partition coefficient (Wildman–Crippen LogP) is 12.9. The predicted molar refractivity (Wildman–Crippen MR) is 184 cm³/mol. The van der Waals surface area contributed by atoms with Gasteiger partial charge in [-0.1, -0.05) is 173 Å². The maximum absolute atomic E-state index is 2.58. The van der Waals surface area contributed by atoms with Crippen molar-refractivity contribution in [1.82, 2.24) is 0 Å². The highest BCUT2D eigenvalue weighted by Crippen LogP contribution is 2.39. The molecule has 0 radical (unpaired) electrons. The monoisotopic (exact) mass is 574 g/mol. The molecule has 41 heavy (non-hydrogen) atoms. The summed E-state index contributed by atoms with van der Waals surface area (Å²) in [4.78, 5) is 0. The number of nitrogens with zero attached hydrogens (tertiary/aromatic N) is 1. The van der Waals surface area contributed by atoms with Gasteiger partial charge >= 0.3 is 0 Å². The van der Waals surface area contributed by atoms with Gasteiger partial charge in [0.2, 0.25) is 0 Å². The molecule has 1 rings (SSSR count). The maximum Gasteiger partial charge on any atom is 0.122 e. The highest BCUT2D eigenvalue weighted by molar-refractivity contribution is 5.31. The van der Waals surface area contributed by atoms with Crippen molar-refractivity contribution in [2.45, 2.75) is 194 Å². The molecule has 0 aliphatic heterocycles. The Hall–Kier alpha value is -0.860. The average molecular weight is 574 g/mol. The van der Waals surface area contributed by atoms with E-state index < -0.39 is 0 Å². The van der Waals surface area contributed by atoms with Crippen molar-refractivity contribution >= 4 is 0 Å². The van der Waals surface area contributed by atoms with E-state index in [0.717, 1.165) is 4.48 Å². The average Bonchev–Trinajstić information content (AvgIpc) is 2.94. The third-order valence-corrected chi connectivity index (χ3v) is 10.1. The lowest BCUT2D eigenvalue weighted by atomic mass is 9.80. The maximum atomic E-state index is 2.58. The molecule has 0 saturated heterocycles. The second-order valence-corrected chi connectivity index (χ2v) is 14.0. The van der Waals surface area contributed by atoms with E-state index in [0.29, 0.717) is 0 Å². The van der Waals surface area contributed by atoms with Gasteiger partial charge < -0.3 is 9.96 Å². The Morgan fingerprint density at radius 2 is 0.854 bits per heavy atom. The first-order valence-electron chi connectivity index (χ1n) is 18.3. The number of benzene rings is 1. The number of rotatable bonds is 28. The highest BCUT2D eigenvalue weighted by Gasteiger charge is 2.42. The van der Waals surface area contributed by atoms with Crippen LogP contribution in [0.25, 0.3) is 0 Å². The summed E-state index contributed by atoms with van der Waals surface area (Å²) < 4.78 is 1.12. The van der Waals surface area contributed by atoms with Crippen LogP contribution in [0, 0.1) is 6.92 Å². The summed E-state index contributed by atoms with van der Waals surface area (Å²) in [6, 6.07) is 9.24. The van der Waals surface area contributed by atoms with Crippen molar-refractivity contribution in [3.63, 3.8) is 0 Å². The van der Waals surface area contributed by atoms with Crippen LogP contribution in [0.1, 0.15) is 192 Å². The molecule has 1 aromatic rings. The van der Waals surface area contributed by atoms with E-state index in [9.17, 15) is 0 Å². The van der Waals surface area contributed by atoms with Crippen LogP contribution in [0.5, 0.6) is 0 Å². The lowest BCUT2D eigenvalue weighted by Crippen LogP contribution is -2.56. The van der Waals surface area contributed by atoms with Crippen LogP contribution in [0.3, 0.4) is 0 Å². The summed E-state index contributed by atoms with van der Waals surface area (Å²) in [7, 11) is 5.04. The van der Waals surface area contributed by atoms with Crippen LogP contribution in [-0.4, -0.2) is 30.6 Å². The van der Waals surface area contributed by atoms with Gasteiger partial charge in [0, 0.05) is 12.0 Å². The summed E-state index contributed by atoms with van der Waals surface area (Å²) in [6.07, 6.45) is 35.6. The smallest absolute Gasteiger partial charge is 0.122 e. The summed E-state index contributed by atoms with van der Waals surface area (Å²) >= 11 is 0. The fourth-order valence-corrected chi connectivity index (χ4v) is 6.85. The zero-order valence-electron chi connectivity index (χ0n) is 29.1. The molecule has 0 amide bonds. The van der Waals surface area contributed by atoms with E-state index in [1.165, 1.54) is 173 Å². The van der Waals surface area contributed by atoms with Gasteiger partial charge in [-0.15, -0.1) is 0 Å². The summed E-state index contributed by atoms with van der Waals surface area (Å²) in [5, 5.41) is 0. The summed E-state index contributed by atoms with van der Waals surface area (Å²) in [5.74, 6) is 0. The second kappa shape index (κ2) is 25.6. The van der Waals surface area contributed by atoms with E-state index in [4.69, 9.17) is 0 Å². The lowest BCUT2D eigenvalue weighted by molar-refractivity contribution is -0.948. The first-order valence-corrected chi connectivity index (χ1v) is 18.3. The minimum atomic E-state index is 0. The number of aryl methyl sites for hydroxylation is 1. The normalized spacial score (nSPS) is 13.2. The van der Waals surface area contributed by atoms with Gasteiger partial charge in [-0.25, -0.2) is 0 Å². The molecule has 0 aliphatic rings. The second-order valence-electron chi connectivity index (χ2n) is 14.0. The highest BCUT2D eigenvalue weighted by atomic mass is 16.0. The van der Waals surface area contributed by atoms with Gasteiger partial charge in [0.15, 0.2) is 0 Å². The molecule has 1 unspecified atom stereocenters. The Morgan fingerprint density at radius 3 is 1.24 bits per heavy atom. The van der Waals surface area contributed by atoms with Crippen LogP contribution in [-0.2, 0) is 5.54 Å².